The summed E-state index contributed by atoms with van der Waals surface area (Å²) >= 11 is 3.33. The molecule has 0 atom stereocenters. The van der Waals surface area contributed by atoms with Crippen molar-refractivity contribution in [2.75, 3.05) is 0 Å². The summed E-state index contributed by atoms with van der Waals surface area (Å²) < 4.78 is 11.0. The normalized spacial score (nSPS) is 10.9. The number of hydrogen-bond donors (Lipinski definition) is 0. The molecule has 7 heteroatoms. The van der Waals surface area contributed by atoms with Gasteiger partial charge in [0.2, 0.25) is 0 Å². The first-order valence-electron chi connectivity index (χ1n) is 9.59. The van der Waals surface area contributed by atoms with E-state index in [1.54, 1.807) is 22.7 Å². The maximum atomic E-state index is 13.2. The van der Waals surface area contributed by atoms with Crippen molar-refractivity contribution in [1.82, 2.24) is 10.1 Å². The van der Waals surface area contributed by atoms with Crippen LogP contribution in [0.2, 0.25) is 0 Å². The largest absolute Gasteiger partial charge is 0.489 e. The summed E-state index contributed by atoms with van der Waals surface area (Å²) in [6, 6.07) is 15.5. The third kappa shape index (κ3) is 4.80. The molecule has 0 saturated heterocycles. The summed E-state index contributed by atoms with van der Waals surface area (Å²) in [5.41, 5.74) is 2.43. The minimum absolute atomic E-state index is 0.00840. The highest BCUT2D eigenvalue weighted by Crippen LogP contribution is 2.22. The van der Waals surface area contributed by atoms with Crippen molar-refractivity contribution in [3.05, 3.63) is 91.6 Å². The van der Waals surface area contributed by atoms with Crippen LogP contribution in [0.5, 0.6) is 5.75 Å². The number of amides is 1. The molecule has 4 aromatic rings. The molecule has 0 N–H and O–H groups in total. The minimum Gasteiger partial charge on any atom is -0.489 e. The van der Waals surface area contributed by atoms with Crippen LogP contribution in [-0.2, 0) is 19.7 Å². The second-order valence-corrected chi connectivity index (χ2v) is 9.00. The molecule has 0 aliphatic rings. The second-order valence-electron chi connectivity index (χ2n) is 6.94. The molecule has 0 aliphatic heterocycles. The van der Waals surface area contributed by atoms with E-state index in [9.17, 15) is 4.79 Å². The minimum atomic E-state index is 0.00840. The lowest BCUT2D eigenvalue weighted by atomic mass is 10.1. The van der Waals surface area contributed by atoms with Crippen LogP contribution in [0, 0.1) is 13.8 Å². The average molecular weight is 439 g/mol. The highest BCUT2D eigenvalue weighted by atomic mass is 32.1. The van der Waals surface area contributed by atoms with E-state index in [0.29, 0.717) is 31.0 Å². The van der Waals surface area contributed by atoms with Gasteiger partial charge in [0, 0.05) is 15.3 Å². The second kappa shape index (κ2) is 9.28. The van der Waals surface area contributed by atoms with Gasteiger partial charge in [-0.15, -0.1) is 22.7 Å². The first-order chi connectivity index (χ1) is 14.6. The molecule has 0 saturated carbocycles. The maximum Gasteiger partial charge on any atom is 0.254 e. The Morgan fingerprint density at radius 3 is 2.13 bits per heavy atom. The molecule has 154 valence electrons. The highest BCUT2D eigenvalue weighted by Gasteiger charge is 2.18. The summed E-state index contributed by atoms with van der Waals surface area (Å²) in [5.74, 6) is 1.47. The van der Waals surface area contributed by atoms with Crippen LogP contribution in [0.15, 0.2) is 63.8 Å². The van der Waals surface area contributed by atoms with Gasteiger partial charge in [-0.1, -0.05) is 17.3 Å². The molecule has 30 heavy (non-hydrogen) atoms. The summed E-state index contributed by atoms with van der Waals surface area (Å²) in [6.45, 7) is 5.34. The SMILES string of the molecule is Cc1noc(C)c1COc1ccc(C(=O)N(Cc2cccs2)Cc2cccs2)cc1. The zero-order valence-corrected chi connectivity index (χ0v) is 18.5. The Balaban J connectivity index is 1.45. The molecule has 1 aromatic carbocycles. The molecule has 3 aromatic heterocycles. The number of carbonyl (C=O) groups is 1. The molecule has 0 spiro atoms. The molecule has 0 radical (unpaired) electrons. The lowest BCUT2D eigenvalue weighted by Crippen LogP contribution is -2.29. The van der Waals surface area contributed by atoms with Gasteiger partial charge in [0.05, 0.1) is 24.3 Å². The van der Waals surface area contributed by atoms with Gasteiger partial charge >= 0.3 is 0 Å². The maximum absolute atomic E-state index is 13.2. The fourth-order valence-electron chi connectivity index (χ4n) is 3.12. The number of hydrogen-bond acceptors (Lipinski definition) is 6. The number of benzene rings is 1. The average Bonchev–Trinajstić information content (AvgIpc) is 3.51. The number of thiophene rings is 2. The van der Waals surface area contributed by atoms with Crippen molar-refractivity contribution < 1.29 is 14.1 Å². The predicted octanol–water partition coefficient (Wildman–Crippen LogP) is 5.84. The van der Waals surface area contributed by atoms with E-state index < -0.39 is 0 Å². The van der Waals surface area contributed by atoms with E-state index in [1.807, 2.05) is 65.9 Å². The molecule has 0 bridgehead atoms. The van der Waals surface area contributed by atoms with Crippen molar-refractivity contribution in [3.8, 4) is 5.75 Å². The van der Waals surface area contributed by atoms with Crippen LogP contribution in [0.25, 0.3) is 0 Å². The van der Waals surface area contributed by atoms with Gasteiger partial charge in [0.1, 0.15) is 18.1 Å². The van der Waals surface area contributed by atoms with Gasteiger partial charge in [-0.2, -0.15) is 0 Å². The number of ether oxygens (including phenoxy) is 1. The third-order valence-electron chi connectivity index (χ3n) is 4.81. The van der Waals surface area contributed by atoms with E-state index in [2.05, 4.69) is 17.3 Å². The monoisotopic (exact) mass is 438 g/mol. The lowest BCUT2D eigenvalue weighted by Gasteiger charge is -2.22. The van der Waals surface area contributed by atoms with Crippen molar-refractivity contribution in [1.29, 1.82) is 0 Å². The Labute approximate surface area is 183 Å². The molecule has 3 heterocycles. The number of carbonyl (C=O) groups excluding carboxylic acids is 1. The van der Waals surface area contributed by atoms with Crippen molar-refractivity contribution in [3.63, 3.8) is 0 Å². The Morgan fingerprint density at radius 2 is 1.63 bits per heavy atom. The Morgan fingerprint density at radius 1 is 1.00 bits per heavy atom. The Hall–Kier alpha value is -2.90. The quantitative estimate of drug-likeness (QED) is 0.347. The topological polar surface area (TPSA) is 55.6 Å². The molecular weight excluding hydrogens is 416 g/mol. The van der Waals surface area contributed by atoms with Gasteiger partial charge in [0.25, 0.3) is 5.91 Å². The van der Waals surface area contributed by atoms with Crippen LogP contribution in [-0.4, -0.2) is 16.0 Å². The molecule has 5 nitrogen and oxygen atoms in total. The van der Waals surface area contributed by atoms with Crippen LogP contribution >= 0.6 is 22.7 Å². The lowest BCUT2D eigenvalue weighted by molar-refractivity contribution is 0.0733. The molecule has 0 unspecified atom stereocenters. The smallest absolute Gasteiger partial charge is 0.254 e. The van der Waals surface area contributed by atoms with Gasteiger partial charge in [-0.05, 0) is 61.0 Å². The predicted molar refractivity (Wildman–Crippen MR) is 119 cm³/mol. The molecule has 4 rings (SSSR count). The number of aryl methyl sites for hydroxylation is 2. The Bertz CT molecular complexity index is 1030. The van der Waals surface area contributed by atoms with Gasteiger partial charge in [-0.3, -0.25) is 4.79 Å². The standard InChI is InChI=1S/C23H22N2O3S2/c1-16-22(17(2)28-24-16)15-27-19-9-7-18(8-10-19)23(26)25(13-20-5-3-11-29-20)14-21-6-4-12-30-21/h3-12H,13-15H2,1-2H3. The van der Waals surface area contributed by atoms with Crippen LogP contribution < -0.4 is 4.74 Å². The first-order valence-corrected chi connectivity index (χ1v) is 11.3. The molecule has 0 aliphatic carbocycles. The van der Waals surface area contributed by atoms with E-state index >= 15 is 0 Å². The summed E-state index contributed by atoms with van der Waals surface area (Å²) in [6.07, 6.45) is 0. The molecular formula is C23H22N2O3S2. The fourth-order valence-corrected chi connectivity index (χ4v) is 4.56. The van der Waals surface area contributed by atoms with Gasteiger partial charge < -0.3 is 14.2 Å². The van der Waals surface area contributed by atoms with E-state index in [1.165, 1.54) is 9.75 Å². The number of nitrogens with zero attached hydrogens (tertiary/aromatic N) is 2. The summed E-state index contributed by atoms with van der Waals surface area (Å²) in [4.78, 5) is 17.4. The van der Waals surface area contributed by atoms with Crippen LogP contribution in [0.1, 0.15) is 37.1 Å². The number of aromatic nitrogens is 1. The van der Waals surface area contributed by atoms with Crippen molar-refractivity contribution >= 4 is 28.6 Å². The number of rotatable bonds is 8. The third-order valence-corrected chi connectivity index (χ3v) is 6.53. The van der Waals surface area contributed by atoms with Crippen LogP contribution in [0.3, 0.4) is 0 Å². The highest BCUT2D eigenvalue weighted by molar-refractivity contribution is 7.10. The van der Waals surface area contributed by atoms with Gasteiger partial charge in [-0.25, -0.2) is 0 Å². The Kier molecular flexibility index (Phi) is 6.30. The fraction of sp³-hybridized carbons (Fsp3) is 0.217. The molecule has 0 fully saturated rings. The van der Waals surface area contributed by atoms with Gasteiger partial charge in [0.15, 0.2) is 0 Å². The van der Waals surface area contributed by atoms with E-state index in [4.69, 9.17) is 9.26 Å². The van der Waals surface area contributed by atoms with E-state index in [-0.39, 0.29) is 5.91 Å². The summed E-state index contributed by atoms with van der Waals surface area (Å²) in [7, 11) is 0. The first kappa shape index (κ1) is 20.4. The molecule has 1 amide bonds. The van der Waals surface area contributed by atoms with Crippen molar-refractivity contribution in [2.24, 2.45) is 0 Å². The summed E-state index contributed by atoms with van der Waals surface area (Å²) in [5, 5.41) is 8.01. The van der Waals surface area contributed by atoms with E-state index in [0.717, 1.165) is 17.0 Å². The van der Waals surface area contributed by atoms with Crippen LogP contribution in [0.4, 0.5) is 0 Å². The van der Waals surface area contributed by atoms with Crippen molar-refractivity contribution in [2.45, 2.75) is 33.5 Å². The zero-order chi connectivity index (χ0) is 20.9. The zero-order valence-electron chi connectivity index (χ0n) is 16.8.